The molecule has 3 unspecified atom stereocenters. The highest BCUT2D eigenvalue weighted by Gasteiger charge is 2.44. The van der Waals surface area contributed by atoms with Crippen LogP contribution >= 0.6 is 24.6 Å². The standard InChI is InChI=1S/C17H24N2O2S.C10H14N2O2S.C6H11NO.2C2H6/c1-16(2,3)14(11-20)18-15(21)19-17(9-10-17)12-22-13-7-5-4-6-8-13;1-3-5-6-8(12-15)9(13)10(14)11-7-4-2;1-7-4-2-3-6(7)5-8;2*1-2/h4-8,11,14H,9-10,12H2,1-3H3,(H2,18,19,21);1,4,8,12,15H,2,5-7H2,(H,11,14);5-6H,2-4H2,1H3;2*1-2H3. The number of rotatable bonds is 14. The van der Waals surface area contributed by atoms with Gasteiger partial charge in [-0.1, -0.05) is 85.6 Å². The molecule has 2 aliphatic rings. The Balaban J connectivity index is 0. The predicted octanol–water partition coefficient (Wildman–Crippen LogP) is 5.63. The maximum Gasteiger partial charge on any atom is 0.315 e. The van der Waals surface area contributed by atoms with Gasteiger partial charge in [0.05, 0.1) is 23.7 Å². The van der Waals surface area contributed by atoms with E-state index in [4.69, 9.17) is 6.42 Å². The molecule has 0 aromatic heterocycles. The van der Waals surface area contributed by atoms with Crippen molar-refractivity contribution >= 4 is 54.9 Å². The van der Waals surface area contributed by atoms with E-state index in [1.807, 2.05) is 73.7 Å². The van der Waals surface area contributed by atoms with E-state index in [-0.39, 0.29) is 29.6 Å². The van der Waals surface area contributed by atoms with Crippen LogP contribution in [-0.2, 0) is 19.2 Å². The van der Waals surface area contributed by atoms with Crippen molar-refractivity contribution < 1.29 is 24.0 Å². The van der Waals surface area contributed by atoms with Gasteiger partial charge in [0.15, 0.2) is 0 Å². The Bertz CT molecular complexity index is 1150. The molecule has 1 saturated heterocycles. The summed E-state index contributed by atoms with van der Waals surface area (Å²) in [6.07, 6.45) is 13.4. The summed E-state index contributed by atoms with van der Waals surface area (Å²) in [5.41, 5.74) is -0.412. The molecule has 4 N–H and O–H groups in total. The maximum absolute atomic E-state index is 12.1. The van der Waals surface area contributed by atoms with E-state index in [1.165, 1.54) is 17.4 Å². The minimum Gasteiger partial charge on any atom is -0.346 e. The van der Waals surface area contributed by atoms with E-state index in [0.29, 0.717) is 12.8 Å². The molecule has 3 amide bonds. The molecule has 10 nitrogen and oxygen atoms in total. The minimum absolute atomic E-state index is 0.129. The van der Waals surface area contributed by atoms with Crippen molar-refractivity contribution in [3.63, 3.8) is 0 Å². The molecule has 1 heterocycles. The maximum atomic E-state index is 12.1. The Morgan fingerprint density at radius 3 is 2.16 bits per heavy atom. The van der Waals surface area contributed by atoms with Crippen molar-refractivity contribution in [2.45, 2.75) is 116 Å². The molecular formula is C37H61N5O5S2. The first kappa shape index (κ1) is 48.0. The minimum atomic E-state index is -0.654. The Hall–Kier alpha value is -3.11. The third-order valence-electron chi connectivity index (χ3n) is 7.26. The molecule has 1 aromatic carbocycles. The van der Waals surface area contributed by atoms with Crippen molar-refractivity contribution in [3.8, 4) is 12.3 Å². The van der Waals surface area contributed by atoms with Gasteiger partial charge in [-0.25, -0.2) is 4.79 Å². The van der Waals surface area contributed by atoms with E-state index < -0.39 is 23.8 Å². The Morgan fingerprint density at radius 2 is 1.76 bits per heavy atom. The van der Waals surface area contributed by atoms with E-state index in [9.17, 15) is 24.0 Å². The van der Waals surface area contributed by atoms with Gasteiger partial charge in [-0.3, -0.25) is 19.2 Å². The van der Waals surface area contributed by atoms with Gasteiger partial charge in [0.1, 0.15) is 12.6 Å². The molecule has 2 fully saturated rings. The van der Waals surface area contributed by atoms with Crippen LogP contribution in [0.5, 0.6) is 0 Å². The van der Waals surface area contributed by atoms with E-state index in [0.717, 1.165) is 44.1 Å². The molecule has 1 aliphatic heterocycles. The van der Waals surface area contributed by atoms with Crippen LogP contribution in [0.25, 0.3) is 0 Å². The van der Waals surface area contributed by atoms with Crippen LogP contribution in [0.4, 0.5) is 4.79 Å². The molecule has 49 heavy (non-hydrogen) atoms. The van der Waals surface area contributed by atoms with Crippen LogP contribution in [0, 0.1) is 17.8 Å². The zero-order valence-electron chi connectivity index (χ0n) is 30.8. The summed E-state index contributed by atoms with van der Waals surface area (Å²) in [7, 11) is 1.99. The second kappa shape index (κ2) is 27.7. The fraction of sp³-hybridized carbons (Fsp3) is 0.595. The number of benzene rings is 1. The third-order valence-corrected chi connectivity index (χ3v) is 8.87. The highest BCUT2D eigenvalue weighted by molar-refractivity contribution is 7.99. The number of amides is 3. The highest BCUT2D eigenvalue weighted by atomic mass is 32.2. The largest absolute Gasteiger partial charge is 0.346 e. The van der Waals surface area contributed by atoms with E-state index >= 15 is 0 Å². The first-order chi connectivity index (χ1) is 23.4. The summed E-state index contributed by atoms with van der Waals surface area (Å²) in [5.74, 6) is 2.03. The molecule has 3 rings (SSSR count). The SMILES string of the molecule is C#CCCC(NS)C(=O)C(=O)NCC=C.CC.CC.CC(C)(C)C(C=O)NC(=O)NC1(CSc2ccccc2)CC1.CN1CCCC1C=O. The third kappa shape index (κ3) is 20.9. The number of nitrogens with one attached hydrogen (secondary N) is 4. The van der Waals surface area contributed by atoms with Gasteiger partial charge < -0.3 is 25.5 Å². The van der Waals surface area contributed by atoms with Gasteiger partial charge in [0, 0.05) is 23.6 Å². The monoisotopic (exact) mass is 719 g/mol. The number of thiol groups is 1. The summed E-state index contributed by atoms with van der Waals surface area (Å²) in [5, 5.41) is 8.21. The molecule has 0 bridgehead atoms. The molecule has 0 spiro atoms. The fourth-order valence-electron chi connectivity index (χ4n) is 4.07. The van der Waals surface area contributed by atoms with Gasteiger partial charge in [-0.2, -0.15) is 0 Å². The number of carbonyl (C=O) groups excluding carboxylic acids is 5. The Labute approximate surface area is 305 Å². The molecule has 276 valence electrons. The first-order valence-electron chi connectivity index (χ1n) is 17.0. The van der Waals surface area contributed by atoms with Crippen molar-refractivity contribution in [2.75, 3.05) is 25.9 Å². The van der Waals surface area contributed by atoms with Gasteiger partial charge >= 0.3 is 6.03 Å². The molecule has 0 radical (unpaired) electrons. The second-order valence-electron chi connectivity index (χ2n) is 12.1. The fourth-order valence-corrected chi connectivity index (χ4v) is 5.47. The van der Waals surface area contributed by atoms with Crippen LogP contribution in [0.15, 0.2) is 47.9 Å². The lowest BCUT2D eigenvalue weighted by Gasteiger charge is -2.28. The number of nitrogens with zero attached hydrogens (tertiary/aromatic N) is 1. The van der Waals surface area contributed by atoms with Crippen molar-refractivity contribution in [1.82, 2.24) is 25.6 Å². The first-order valence-corrected chi connectivity index (χ1v) is 18.4. The lowest BCUT2D eigenvalue weighted by molar-refractivity contribution is -0.138. The zero-order valence-corrected chi connectivity index (χ0v) is 32.6. The van der Waals surface area contributed by atoms with E-state index in [2.05, 4.69) is 63.0 Å². The average molecular weight is 720 g/mol. The number of ketones is 1. The van der Waals surface area contributed by atoms with Crippen LogP contribution in [0.3, 0.4) is 0 Å². The second-order valence-corrected chi connectivity index (χ2v) is 13.4. The van der Waals surface area contributed by atoms with Crippen molar-refractivity contribution in [1.29, 1.82) is 0 Å². The smallest absolute Gasteiger partial charge is 0.315 e. The summed E-state index contributed by atoms with van der Waals surface area (Å²) in [6.45, 7) is 18.6. The van der Waals surface area contributed by atoms with Crippen molar-refractivity contribution in [2.24, 2.45) is 5.41 Å². The van der Waals surface area contributed by atoms with Crippen LogP contribution in [-0.4, -0.2) is 84.7 Å². The summed E-state index contributed by atoms with van der Waals surface area (Å²) >= 11 is 5.52. The molecular weight excluding hydrogens is 659 g/mol. The number of carbonyl (C=O) groups is 5. The number of hydrogen-bond donors (Lipinski definition) is 5. The van der Waals surface area contributed by atoms with Crippen LogP contribution in [0.2, 0.25) is 0 Å². The molecule has 1 aliphatic carbocycles. The Morgan fingerprint density at radius 1 is 1.14 bits per heavy atom. The zero-order chi connectivity index (χ0) is 37.9. The number of urea groups is 1. The predicted molar refractivity (Wildman–Crippen MR) is 207 cm³/mol. The van der Waals surface area contributed by atoms with Crippen LogP contribution < -0.4 is 20.7 Å². The number of likely N-dealkylation sites (N-methyl/N-ethyl adjacent to an activating group) is 1. The van der Waals surface area contributed by atoms with E-state index in [1.54, 1.807) is 11.8 Å². The van der Waals surface area contributed by atoms with Gasteiger partial charge in [-0.05, 0) is 63.2 Å². The summed E-state index contributed by atoms with van der Waals surface area (Å²) in [6, 6.07) is 9.01. The molecule has 1 aromatic rings. The number of aldehydes is 2. The number of thioether (sulfide) groups is 1. The molecule has 1 saturated carbocycles. The topological polar surface area (TPSA) is 137 Å². The average Bonchev–Trinajstić information content (AvgIpc) is 3.75. The highest BCUT2D eigenvalue weighted by Crippen LogP contribution is 2.40. The number of terminal acetylenes is 1. The molecule has 12 heteroatoms. The Kier molecular flexibility index (Phi) is 27.1. The molecule has 3 atom stereocenters. The van der Waals surface area contributed by atoms with Gasteiger partial charge in [-0.15, -0.1) is 30.7 Å². The number of hydrogen-bond acceptors (Lipinski definition) is 9. The normalized spacial score (nSPS) is 16.5. The number of Topliss-reactive ketones (excluding diaryl/α,β-unsaturated/α-hetero) is 1. The van der Waals surface area contributed by atoms with Crippen LogP contribution in [0.1, 0.15) is 87.0 Å². The van der Waals surface area contributed by atoms with Crippen molar-refractivity contribution in [3.05, 3.63) is 43.0 Å². The van der Waals surface area contributed by atoms with Gasteiger partial charge in [0.2, 0.25) is 5.78 Å². The quantitative estimate of drug-likeness (QED) is 0.0417. The number of likely N-dealkylation sites (tertiary alicyclic amines) is 1. The lowest BCUT2D eigenvalue weighted by atomic mass is 9.88. The van der Waals surface area contributed by atoms with Gasteiger partial charge in [0.25, 0.3) is 5.91 Å². The summed E-state index contributed by atoms with van der Waals surface area (Å²) in [4.78, 5) is 59.4. The summed E-state index contributed by atoms with van der Waals surface area (Å²) < 4.78 is 2.46. The lowest BCUT2D eigenvalue weighted by Crippen LogP contribution is -2.52.